The van der Waals surface area contributed by atoms with Gasteiger partial charge in [0.05, 0.1) is 11.0 Å². The number of benzene rings is 1. The number of hydrogen-bond acceptors (Lipinski definition) is 3. The summed E-state index contributed by atoms with van der Waals surface area (Å²) in [5.41, 5.74) is 4.12. The van der Waals surface area contributed by atoms with Crippen molar-refractivity contribution >= 4 is 16.9 Å². The molecule has 0 aliphatic carbocycles. The number of nitrogens with zero attached hydrogens (tertiary/aromatic N) is 2. The summed E-state index contributed by atoms with van der Waals surface area (Å²) in [5, 5.41) is 9.05. The lowest BCUT2D eigenvalue weighted by Crippen LogP contribution is -2.30. The van der Waals surface area contributed by atoms with Crippen molar-refractivity contribution in [2.24, 2.45) is 0 Å². The SMILES string of the molecule is CC(O)C(=O)Nn1cnc2ccccc21. The maximum atomic E-state index is 11.2. The van der Waals surface area contributed by atoms with E-state index < -0.39 is 12.0 Å². The molecule has 0 spiro atoms. The highest BCUT2D eigenvalue weighted by Gasteiger charge is 2.10. The number of imidazole rings is 1. The molecule has 78 valence electrons. The Kier molecular flexibility index (Phi) is 2.39. The van der Waals surface area contributed by atoms with Gasteiger partial charge in [0, 0.05) is 0 Å². The predicted octanol–water partition coefficient (Wildman–Crippen LogP) is 0.487. The van der Waals surface area contributed by atoms with Crippen LogP contribution in [0.4, 0.5) is 0 Å². The molecule has 1 atom stereocenters. The number of rotatable bonds is 2. The molecule has 5 nitrogen and oxygen atoms in total. The molecule has 0 aliphatic heterocycles. The van der Waals surface area contributed by atoms with Gasteiger partial charge in [-0.3, -0.25) is 10.2 Å². The molecule has 5 heteroatoms. The average molecular weight is 205 g/mol. The zero-order chi connectivity index (χ0) is 10.8. The van der Waals surface area contributed by atoms with Crippen molar-refractivity contribution in [3.8, 4) is 0 Å². The predicted molar refractivity (Wildman–Crippen MR) is 55.8 cm³/mol. The fourth-order valence-electron chi connectivity index (χ4n) is 1.26. The first-order valence-corrected chi connectivity index (χ1v) is 4.59. The van der Waals surface area contributed by atoms with E-state index in [-0.39, 0.29) is 0 Å². The van der Waals surface area contributed by atoms with Crippen molar-refractivity contribution in [2.75, 3.05) is 5.43 Å². The van der Waals surface area contributed by atoms with E-state index in [9.17, 15) is 4.79 Å². The fourth-order valence-corrected chi connectivity index (χ4v) is 1.26. The maximum absolute atomic E-state index is 11.2. The summed E-state index contributed by atoms with van der Waals surface area (Å²) < 4.78 is 1.49. The van der Waals surface area contributed by atoms with Crippen molar-refractivity contribution in [2.45, 2.75) is 13.0 Å². The Labute approximate surface area is 86.3 Å². The Hall–Kier alpha value is -1.88. The summed E-state index contributed by atoms with van der Waals surface area (Å²) in [5.74, 6) is -0.460. The van der Waals surface area contributed by atoms with Crippen LogP contribution in [0.1, 0.15) is 6.92 Å². The smallest absolute Gasteiger partial charge is 0.267 e. The summed E-state index contributed by atoms with van der Waals surface area (Å²) in [6.07, 6.45) is 0.469. The molecule has 0 radical (unpaired) electrons. The lowest BCUT2D eigenvalue weighted by molar-refractivity contribution is -0.124. The van der Waals surface area contributed by atoms with Crippen LogP contribution < -0.4 is 5.43 Å². The van der Waals surface area contributed by atoms with Crippen LogP contribution in [0.2, 0.25) is 0 Å². The third-order valence-corrected chi connectivity index (χ3v) is 2.06. The first kappa shape index (κ1) is 9.67. The Bertz CT molecular complexity index is 490. The van der Waals surface area contributed by atoms with Crippen LogP contribution in [0.5, 0.6) is 0 Å². The molecule has 2 N–H and O–H groups in total. The quantitative estimate of drug-likeness (QED) is 0.749. The van der Waals surface area contributed by atoms with E-state index in [1.54, 1.807) is 0 Å². The van der Waals surface area contributed by atoms with Gasteiger partial charge < -0.3 is 5.11 Å². The third-order valence-electron chi connectivity index (χ3n) is 2.06. The van der Waals surface area contributed by atoms with Gasteiger partial charge in [-0.15, -0.1) is 0 Å². The van der Waals surface area contributed by atoms with Gasteiger partial charge in [0.15, 0.2) is 0 Å². The first-order valence-electron chi connectivity index (χ1n) is 4.59. The topological polar surface area (TPSA) is 67.2 Å². The molecule has 1 heterocycles. The van der Waals surface area contributed by atoms with Crippen LogP contribution in [-0.4, -0.2) is 26.8 Å². The number of nitrogens with one attached hydrogen (secondary N) is 1. The Morgan fingerprint density at radius 2 is 2.27 bits per heavy atom. The number of aromatic nitrogens is 2. The lowest BCUT2D eigenvalue weighted by Gasteiger charge is -2.08. The monoisotopic (exact) mass is 205 g/mol. The van der Waals surface area contributed by atoms with Crippen LogP contribution in [0, 0.1) is 0 Å². The van der Waals surface area contributed by atoms with Crippen LogP contribution in [0.15, 0.2) is 30.6 Å². The number of para-hydroxylation sites is 2. The van der Waals surface area contributed by atoms with Crippen molar-refractivity contribution in [3.05, 3.63) is 30.6 Å². The molecule has 1 unspecified atom stereocenters. The second-order valence-corrected chi connectivity index (χ2v) is 3.26. The summed E-state index contributed by atoms with van der Waals surface area (Å²) in [6.45, 7) is 1.41. The van der Waals surface area contributed by atoms with Gasteiger partial charge in [0.2, 0.25) is 0 Å². The summed E-state index contributed by atoms with van der Waals surface area (Å²) in [4.78, 5) is 15.3. The Balaban J connectivity index is 2.33. The molecule has 2 rings (SSSR count). The van der Waals surface area contributed by atoms with E-state index in [1.165, 1.54) is 17.9 Å². The standard InChI is InChI=1S/C10H11N3O2/c1-7(14)10(15)12-13-6-11-8-4-2-3-5-9(8)13/h2-7,14H,1H3,(H,12,15). The highest BCUT2D eigenvalue weighted by Crippen LogP contribution is 2.09. The Morgan fingerprint density at radius 3 is 3.00 bits per heavy atom. The van der Waals surface area contributed by atoms with E-state index in [1.807, 2.05) is 24.3 Å². The zero-order valence-electron chi connectivity index (χ0n) is 8.21. The average Bonchev–Trinajstić information content (AvgIpc) is 2.62. The zero-order valence-corrected chi connectivity index (χ0v) is 8.21. The largest absolute Gasteiger partial charge is 0.383 e. The van der Waals surface area contributed by atoms with Gasteiger partial charge >= 0.3 is 0 Å². The molecule has 1 amide bonds. The molecule has 1 aromatic carbocycles. The lowest BCUT2D eigenvalue weighted by atomic mass is 10.3. The second kappa shape index (κ2) is 3.70. The number of aliphatic hydroxyl groups excluding tert-OH is 1. The minimum atomic E-state index is -1.04. The van der Waals surface area contributed by atoms with Gasteiger partial charge in [0.25, 0.3) is 5.91 Å². The number of fused-ring (bicyclic) bond motifs is 1. The highest BCUT2D eigenvalue weighted by atomic mass is 16.3. The number of carbonyl (C=O) groups excluding carboxylic acids is 1. The molecule has 0 aliphatic rings. The number of carbonyl (C=O) groups is 1. The van der Waals surface area contributed by atoms with Gasteiger partial charge in [0.1, 0.15) is 12.4 Å². The van der Waals surface area contributed by atoms with Crippen LogP contribution in [-0.2, 0) is 4.79 Å². The molecule has 0 saturated carbocycles. The molecule has 0 saturated heterocycles. The van der Waals surface area contributed by atoms with Gasteiger partial charge in [-0.1, -0.05) is 12.1 Å². The van der Waals surface area contributed by atoms with E-state index in [2.05, 4.69) is 10.4 Å². The van der Waals surface area contributed by atoms with Crippen molar-refractivity contribution < 1.29 is 9.90 Å². The fraction of sp³-hybridized carbons (Fsp3) is 0.200. The Morgan fingerprint density at radius 1 is 1.53 bits per heavy atom. The minimum absolute atomic E-state index is 0.460. The number of hydrogen-bond donors (Lipinski definition) is 2. The van der Waals surface area contributed by atoms with Crippen LogP contribution in [0.25, 0.3) is 11.0 Å². The second-order valence-electron chi connectivity index (χ2n) is 3.26. The van der Waals surface area contributed by atoms with Crippen LogP contribution in [0.3, 0.4) is 0 Å². The summed E-state index contributed by atoms with van der Waals surface area (Å²) >= 11 is 0. The van der Waals surface area contributed by atoms with Gasteiger partial charge in [-0.05, 0) is 19.1 Å². The van der Waals surface area contributed by atoms with E-state index >= 15 is 0 Å². The number of amides is 1. The first-order chi connectivity index (χ1) is 7.18. The maximum Gasteiger partial charge on any atom is 0.267 e. The van der Waals surface area contributed by atoms with Crippen molar-refractivity contribution in [1.29, 1.82) is 0 Å². The molecular weight excluding hydrogens is 194 g/mol. The van der Waals surface area contributed by atoms with E-state index in [0.717, 1.165) is 11.0 Å². The van der Waals surface area contributed by atoms with E-state index in [4.69, 9.17) is 5.11 Å². The molecule has 15 heavy (non-hydrogen) atoms. The van der Waals surface area contributed by atoms with Crippen molar-refractivity contribution in [3.63, 3.8) is 0 Å². The van der Waals surface area contributed by atoms with E-state index in [0.29, 0.717) is 0 Å². The molecule has 0 bridgehead atoms. The third kappa shape index (κ3) is 1.82. The number of aliphatic hydroxyl groups is 1. The highest BCUT2D eigenvalue weighted by molar-refractivity contribution is 5.89. The van der Waals surface area contributed by atoms with Crippen molar-refractivity contribution in [1.82, 2.24) is 9.66 Å². The van der Waals surface area contributed by atoms with Gasteiger partial charge in [-0.2, -0.15) is 0 Å². The molecule has 0 fully saturated rings. The normalized spacial score (nSPS) is 12.7. The summed E-state index contributed by atoms with van der Waals surface area (Å²) in [7, 11) is 0. The molecule has 2 aromatic rings. The molecule has 1 aromatic heterocycles. The van der Waals surface area contributed by atoms with Crippen LogP contribution >= 0.6 is 0 Å². The van der Waals surface area contributed by atoms with Gasteiger partial charge in [-0.25, -0.2) is 9.66 Å². The minimum Gasteiger partial charge on any atom is -0.383 e. The summed E-state index contributed by atoms with van der Waals surface area (Å²) in [6, 6.07) is 7.41. The molecular formula is C10H11N3O2.